The molecular formula is C15H24N2O. The number of rotatable bonds is 4. The molecule has 3 nitrogen and oxygen atoms in total. The Hall–Kier alpha value is -1.06. The summed E-state index contributed by atoms with van der Waals surface area (Å²) in [7, 11) is 0. The standard InChI is InChI=1S/C15H24N2O/c1-12(2)17-8-6-14(7-9-17)16-15-5-3-4-13(10-15)11-18/h3-5,10,12,14,16,18H,6-9,11H2,1-2H3. The van der Waals surface area contributed by atoms with E-state index < -0.39 is 0 Å². The molecule has 0 aromatic heterocycles. The summed E-state index contributed by atoms with van der Waals surface area (Å²) in [4.78, 5) is 2.53. The monoisotopic (exact) mass is 248 g/mol. The fourth-order valence-electron chi connectivity index (χ4n) is 2.56. The minimum absolute atomic E-state index is 0.112. The molecule has 100 valence electrons. The summed E-state index contributed by atoms with van der Waals surface area (Å²) in [5.74, 6) is 0. The first-order chi connectivity index (χ1) is 8.69. The molecule has 0 aliphatic carbocycles. The Kier molecular flexibility index (Phi) is 4.61. The van der Waals surface area contributed by atoms with Gasteiger partial charge in [0.1, 0.15) is 0 Å². The lowest BCUT2D eigenvalue weighted by Crippen LogP contribution is -2.42. The molecule has 1 aliphatic heterocycles. The third kappa shape index (κ3) is 3.47. The minimum atomic E-state index is 0.112. The second-order valence-electron chi connectivity index (χ2n) is 5.41. The molecule has 1 aromatic rings. The summed E-state index contributed by atoms with van der Waals surface area (Å²) < 4.78 is 0. The maximum absolute atomic E-state index is 9.13. The normalized spacial score (nSPS) is 18.2. The highest BCUT2D eigenvalue weighted by Gasteiger charge is 2.20. The van der Waals surface area contributed by atoms with Gasteiger partial charge in [-0.15, -0.1) is 0 Å². The summed E-state index contributed by atoms with van der Waals surface area (Å²) in [6, 6.07) is 9.28. The largest absolute Gasteiger partial charge is 0.392 e. The maximum Gasteiger partial charge on any atom is 0.0682 e. The fraction of sp³-hybridized carbons (Fsp3) is 0.600. The van der Waals surface area contributed by atoms with E-state index in [1.807, 2.05) is 18.2 Å². The van der Waals surface area contributed by atoms with Crippen molar-refractivity contribution in [3.63, 3.8) is 0 Å². The van der Waals surface area contributed by atoms with E-state index in [0.717, 1.165) is 11.3 Å². The van der Waals surface area contributed by atoms with Crippen molar-refractivity contribution in [3.8, 4) is 0 Å². The average molecular weight is 248 g/mol. The van der Waals surface area contributed by atoms with Gasteiger partial charge >= 0.3 is 0 Å². The first-order valence-electron chi connectivity index (χ1n) is 6.89. The van der Waals surface area contributed by atoms with Crippen molar-refractivity contribution in [2.75, 3.05) is 18.4 Å². The molecule has 1 heterocycles. The summed E-state index contributed by atoms with van der Waals surface area (Å²) in [5.41, 5.74) is 2.10. The van der Waals surface area contributed by atoms with Crippen LogP contribution >= 0.6 is 0 Å². The van der Waals surface area contributed by atoms with E-state index in [1.54, 1.807) is 0 Å². The number of aliphatic hydroxyl groups excluding tert-OH is 1. The van der Waals surface area contributed by atoms with Gasteiger partial charge in [-0.2, -0.15) is 0 Å². The Morgan fingerprint density at radius 1 is 1.33 bits per heavy atom. The topological polar surface area (TPSA) is 35.5 Å². The highest BCUT2D eigenvalue weighted by atomic mass is 16.3. The van der Waals surface area contributed by atoms with Crippen LogP contribution in [0.3, 0.4) is 0 Å². The number of hydrogen-bond acceptors (Lipinski definition) is 3. The smallest absolute Gasteiger partial charge is 0.0682 e. The van der Waals surface area contributed by atoms with E-state index in [-0.39, 0.29) is 6.61 Å². The summed E-state index contributed by atoms with van der Waals surface area (Å²) >= 11 is 0. The summed E-state index contributed by atoms with van der Waals surface area (Å²) in [5, 5.41) is 12.7. The Morgan fingerprint density at radius 2 is 2.06 bits per heavy atom. The van der Waals surface area contributed by atoms with Gasteiger partial charge in [0.25, 0.3) is 0 Å². The van der Waals surface area contributed by atoms with E-state index in [9.17, 15) is 0 Å². The van der Waals surface area contributed by atoms with E-state index in [1.165, 1.54) is 25.9 Å². The molecule has 2 rings (SSSR count). The van der Waals surface area contributed by atoms with Gasteiger partial charge in [0.15, 0.2) is 0 Å². The van der Waals surface area contributed by atoms with Crippen LogP contribution in [-0.2, 0) is 6.61 Å². The number of nitrogens with zero attached hydrogens (tertiary/aromatic N) is 1. The van der Waals surface area contributed by atoms with Crippen molar-refractivity contribution in [1.29, 1.82) is 0 Å². The van der Waals surface area contributed by atoms with Crippen LogP contribution in [0.1, 0.15) is 32.3 Å². The van der Waals surface area contributed by atoms with Crippen LogP contribution in [0.25, 0.3) is 0 Å². The molecule has 18 heavy (non-hydrogen) atoms. The first-order valence-corrected chi connectivity index (χ1v) is 6.89. The Bertz CT molecular complexity index is 371. The van der Waals surface area contributed by atoms with Gasteiger partial charge in [0.05, 0.1) is 6.61 Å². The number of piperidine rings is 1. The number of anilines is 1. The van der Waals surface area contributed by atoms with Crippen molar-refractivity contribution >= 4 is 5.69 Å². The third-order valence-corrected chi connectivity index (χ3v) is 3.74. The Morgan fingerprint density at radius 3 is 2.67 bits per heavy atom. The van der Waals surface area contributed by atoms with Crippen LogP contribution in [0, 0.1) is 0 Å². The second-order valence-corrected chi connectivity index (χ2v) is 5.41. The van der Waals surface area contributed by atoms with E-state index >= 15 is 0 Å². The SMILES string of the molecule is CC(C)N1CCC(Nc2cccc(CO)c2)CC1. The fourth-order valence-corrected chi connectivity index (χ4v) is 2.56. The van der Waals surface area contributed by atoms with Crippen LogP contribution in [0.2, 0.25) is 0 Å². The molecule has 1 aliphatic rings. The molecule has 0 saturated carbocycles. The Balaban J connectivity index is 1.87. The van der Waals surface area contributed by atoms with Crippen molar-refractivity contribution < 1.29 is 5.11 Å². The highest BCUT2D eigenvalue weighted by molar-refractivity contribution is 5.46. The first kappa shape index (κ1) is 13.4. The number of hydrogen-bond donors (Lipinski definition) is 2. The van der Waals surface area contributed by atoms with Gasteiger partial charge in [-0.1, -0.05) is 12.1 Å². The maximum atomic E-state index is 9.13. The molecule has 3 heteroatoms. The lowest BCUT2D eigenvalue weighted by atomic mass is 10.0. The zero-order valence-corrected chi connectivity index (χ0v) is 11.4. The van der Waals surface area contributed by atoms with Gasteiger partial charge in [-0.3, -0.25) is 0 Å². The van der Waals surface area contributed by atoms with Crippen molar-refractivity contribution in [3.05, 3.63) is 29.8 Å². The molecule has 0 spiro atoms. The van der Waals surface area contributed by atoms with E-state index in [4.69, 9.17) is 5.11 Å². The molecule has 0 amide bonds. The molecular weight excluding hydrogens is 224 g/mol. The van der Waals surface area contributed by atoms with Crippen molar-refractivity contribution in [1.82, 2.24) is 4.90 Å². The summed E-state index contributed by atoms with van der Waals surface area (Å²) in [6.45, 7) is 6.99. The zero-order valence-electron chi connectivity index (χ0n) is 11.4. The van der Waals surface area contributed by atoms with Gasteiger partial charge in [0.2, 0.25) is 0 Å². The lowest BCUT2D eigenvalue weighted by Gasteiger charge is -2.35. The van der Waals surface area contributed by atoms with Crippen LogP contribution in [-0.4, -0.2) is 35.2 Å². The molecule has 0 unspecified atom stereocenters. The number of likely N-dealkylation sites (tertiary alicyclic amines) is 1. The van der Waals surface area contributed by atoms with Crippen molar-refractivity contribution in [2.24, 2.45) is 0 Å². The summed E-state index contributed by atoms with van der Waals surface area (Å²) in [6.07, 6.45) is 2.39. The van der Waals surface area contributed by atoms with Gasteiger partial charge < -0.3 is 15.3 Å². The van der Waals surface area contributed by atoms with Crippen molar-refractivity contribution in [2.45, 2.75) is 45.4 Å². The molecule has 0 radical (unpaired) electrons. The third-order valence-electron chi connectivity index (χ3n) is 3.74. The predicted molar refractivity (Wildman–Crippen MR) is 75.7 cm³/mol. The van der Waals surface area contributed by atoms with Crippen LogP contribution in [0.5, 0.6) is 0 Å². The highest BCUT2D eigenvalue weighted by Crippen LogP contribution is 2.18. The van der Waals surface area contributed by atoms with Crippen LogP contribution in [0.4, 0.5) is 5.69 Å². The minimum Gasteiger partial charge on any atom is -0.392 e. The number of benzene rings is 1. The van der Waals surface area contributed by atoms with Gasteiger partial charge in [-0.05, 0) is 44.4 Å². The molecule has 2 N–H and O–H groups in total. The number of nitrogens with one attached hydrogen (secondary N) is 1. The zero-order chi connectivity index (χ0) is 13.0. The lowest BCUT2D eigenvalue weighted by molar-refractivity contribution is 0.177. The van der Waals surface area contributed by atoms with Gasteiger partial charge in [0, 0.05) is 30.9 Å². The molecule has 1 saturated heterocycles. The van der Waals surface area contributed by atoms with Crippen LogP contribution in [0.15, 0.2) is 24.3 Å². The molecule has 1 aromatic carbocycles. The molecule has 1 fully saturated rings. The van der Waals surface area contributed by atoms with Crippen LogP contribution < -0.4 is 5.32 Å². The quantitative estimate of drug-likeness (QED) is 0.859. The van der Waals surface area contributed by atoms with E-state index in [0.29, 0.717) is 12.1 Å². The average Bonchev–Trinajstić information content (AvgIpc) is 2.39. The number of aliphatic hydroxyl groups is 1. The second kappa shape index (κ2) is 6.21. The predicted octanol–water partition coefficient (Wildman–Crippen LogP) is 2.46. The van der Waals surface area contributed by atoms with E-state index in [2.05, 4.69) is 30.1 Å². The van der Waals surface area contributed by atoms with Gasteiger partial charge in [-0.25, -0.2) is 0 Å². The molecule has 0 bridgehead atoms. The Labute approximate surface area is 110 Å². The molecule has 0 atom stereocenters.